The number of fused-ring (bicyclic) bond motifs is 2. The molecule has 23 heavy (non-hydrogen) atoms. The Kier molecular flexibility index (Phi) is 4.92. The van der Waals surface area contributed by atoms with Gasteiger partial charge in [0.2, 0.25) is 5.79 Å². The van der Waals surface area contributed by atoms with Gasteiger partial charge in [0, 0.05) is 14.2 Å². The first-order valence-corrected chi connectivity index (χ1v) is 7.86. The van der Waals surface area contributed by atoms with Crippen molar-refractivity contribution in [3.05, 3.63) is 10.1 Å². The Morgan fingerprint density at radius 3 is 1.35 bits per heavy atom. The molecule has 1 fully saturated rings. The summed E-state index contributed by atoms with van der Waals surface area (Å²) in [6, 6.07) is 0. The highest BCUT2D eigenvalue weighted by atomic mass is 35.5. The minimum Gasteiger partial charge on any atom is -0.469 e. The molecule has 2 rings (SSSR count). The van der Waals surface area contributed by atoms with Crippen LogP contribution in [-0.4, -0.2) is 55.9 Å². The summed E-state index contributed by atoms with van der Waals surface area (Å²) in [6.45, 7) is 0. The molecule has 6 nitrogen and oxygen atoms in total. The lowest BCUT2D eigenvalue weighted by Gasteiger charge is -2.40. The van der Waals surface area contributed by atoms with E-state index in [0.717, 1.165) is 14.2 Å². The van der Waals surface area contributed by atoms with Crippen LogP contribution in [-0.2, 0) is 28.5 Å². The van der Waals surface area contributed by atoms with Crippen LogP contribution in [0, 0.1) is 11.8 Å². The third-order valence-corrected chi connectivity index (χ3v) is 7.08. The van der Waals surface area contributed by atoms with E-state index >= 15 is 0 Å². The Morgan fingerprint density at radius 2 is 1.13 bits per heavy atom. The van der Waals surface area contributed by atoms with E-state index in [1.165, 1.54) is 14.2 Å². The standard InChI is InChI=1S/C13H14Cl4O6/c1-20-9(18)5-6(10(19)21-2)12(17)8(15)7(14)11(5,16)13(12,22-3)23-4/h5-6H,1-4H3/t5-,6+,11+,12-. The molecule has 1 saturated carbocycles. The van der Waals surface area contributed by atoms with Gasteiger partial charge in [0.05, 0.1) is 24.3 Å². The van der Waals surface area contributed by atoms with Crippen LogP contribution in [0.15, 0.2) is 10.1 Å². The van der Waals surface area contributed by atoms with Crippen molar-refractivity contribution in [1.82, 2.24) is 0 Å². The third-order valence-electron chi connectivity index (χ3n) is 4.47. The van der Waals surface area contributed by atoms with Crippen LogP contribution >= 0.6 is 46.4 Å². The van der Waals surface area contributed by atoms with Crippen molar-refractivity contribution in [3.63, 3.8) is 0 Å². The number of hydrogen-bond acceptors (Lipinski definition) is 6. The van der Waals surface area contributed by atoms with Gasteiger partial charge in [-0.3, -0.25) is 9.59 Å². The molecule has 0 amide bonds. The van der Waals surface area contributed by atoms with Crippen molar-refractivity contribution >= 4 is 58.3 Å². The fraction of sp³-hybridized carbons (Fsp3) is 0.692. The zero-order valence-electron chi connectivity index (χ0n) is 12.6. The average Bonchev–Trinajstić information content (AvgIpc) is 2.81. The van der Waals surface area contributed by atoms with Crippen LogP contribution in [0.25, 0.3) is 0 Å². The normalized spacial score (nSPS) is 37.9. The topological polar surface area (TPSA) is 71.1 Å². The minimum atomic E-state index is -1.88. The first kappa shape index (κ1) is 19.1. The summed E-state index contributed by atoms with van der Waals surface area (Å²) < 4.78 is 20.4. The number of methoxy groups -OCH3 is 4. The number of halogens is 4. The number of carbonyl (C=O) groups excluding carboxylic acids is 2. The van der Waals surface area contributed by atoms with Crippen LogP contribution in [0.3, 0.4) is 0 Å². The molecular weight excluding hydrogens is 394 g/mol. The molecule has 0 N–H and O–H groups in total. The number of esters is 2. The van der Waals surface area contributed by atoms with E-state index in [2.05, 4.69) is 0 Å². The second-order valence-corrected chi connectivity index (χ2v) is 7.03. The van der Waals surface area contributed by atoms with E-state index in [4.69, 9.17) is 65.4 Å². The summed E-state index contributed by atoms with van der Waals surface area (Å²) in [5.74, 6) is -6.17. The van der Waals surface area contributed by atoms with Gasteiger partial charge in [-0.15, -0.1) is 23.2 Å². The summed E-state index contributed by atoms with van der Waals surface area (Å²) >= 11 is 25.9. The molecule has 10 heteroatoms. The number of alkyl halides is 2. The molecule has 4 atom stereocenters. The van der Waals surface area contributed by atoms with Crippen molar-refractivity contribution in [3.8, 4) is 0 Å². The highest BCUT2D eigenvalue weighted by molar-refractivity contribution is 6.53. The Balaban J connectivity index is 2.86. The molecule has 2 bridgehead atoms. The molecule has 2 aliphatic rings. The first-order valence-electron chi connectivity index (χ1n) is 6.35. The van der Waals surface area contributed by atoms with Gasteiger partial charge in [-0.05, 0) is 0 Å². The lowest BCUT2D eigenvalue weighted by Crippen LogP contribution is -2.58. The SMILES string of the molecule is COC(=O)[C@@H]1[C@H](C(=O)OC)[C@]2(Cl)C(Cl)=C(Cl)[C@@]1(Cl)C2(OC)OC. The summed E-state index contributed by atoms with van der Waals surface area (Å²) in [6.07, 6.45) is 0. The Labute approximate surface area is 152 Å². The third kappa shape index (κ3) is 1.85. The fourth-order valence-electron chi connectivity index (χ4n) is 3.54. The average molecular weight is 408 g/mol. The van der Waals surface area contributed by atoms with Gasteiger partial charge in [-0.25, -0.2) is 0 Å². The molecule has 0 saturated heterocycles. The van der Waals surface area contributed by atoms with Crippen molar-refractivity contribution in [1.29, 1.82) is 0 Å². The molecule has 2 aliphatic carbocycles. The van der Waals surface area contributed by atoms with Gasteiger partial charge in [-0.2, -0.15) is 0 Å². The van der Waals surface area contributed by atoms with Gasteiger partial charge < -0.3 is 18.9 Å². The van der Waals surface area contributed by atoms with Crippen molar-refractivity contribution in [2.24, 2.45) is 11.8 Å². The molecule has 0 heterocycles. The van der Waals surface area contributed by atoms with Crippen LogP contribution in [0.4, 0.5) is 0 Å². The van der Waals surface area contributed by atoms with Gasteiger partial charge in [-0.1, -0.05) is 23.2 Å². The second-order valence-electron chi connectivity index (χ2n) is 5.08. The fourth-order valence-corrected chi connectivity index (χ4v) is 5.70. The van der Waals surface area contributed by atoms with Crippen LogP contribution in [0.2, 0.25) is 0 Å². The largest absolute Gasteiger partial charge is 0.469 e. The van der Waals surface area contributed by atoms with E-state index < -0.39 is 39.3 Å². The zero-order chi connectivity index (χ0) is 17.8. The molecule has 0 unspecified atom stereocenters. The molecule has 0 aromatic rings. The van der Waals surface area contributed by atoms with Crippen molar-refractivity contribution in [2.75, 3.05) is 28.4 Å². The smallest absolute Gasteiger partial charge is 0.312 e. The minimum absolute atomic E-state index is 0.143. The maximum absolute atomic E-state index is 12.3. The zero-order valence-corrected chi connectivity index (χ0v) is 15.6. The summed E-state index contributed by atoms with van der Waals surface area (Å²) in [5.41, 5.74) is 0. The number of carbonyl (C=O) groups is 2. The van der Waals surface area contributed by atoms with Gasteiger partial charge in [0.25, 0.3) is 0 Å². The van der Waals surface area contributed by atoms with E-state index in [9.17, 15) is 9.59 Å². The predicted octanol–water partition coefficient (Wildman–Crippen LogP) is 2.23. The van der Waals surface area contributed by atoms with Crippen molar-refractivity contribution in [2.45, 2.75) is 15.5 Å². The number of hydrogen-bond donors (Lipinski definition) is 0. The number of rotatable bonds is 4. The molecule has 0 radical (unpaired) electrons. The lowest BCUT2D eigenvalue weighted by molar-refractivity contribution is -0.221. The van der Waals surface area contributed by atoms with Gasteiger partial charge in [0.1, 0.15) is 11.8 Å². The molecule has 0 aliphatic heterocycles. The molecular formula is C13H14Cl4O6. The Morgan fingerprint density at radius 1 is 0.826 bits per heavy atom. The van der Waals surface area contributed by atoms with Gasteiger partial charge in [0.15, 0.2) is 9.75 Å². The highest BCUT2D eigenvalue weighted by Crippen LogP contribution is 2.74. The van der Waals surface area contributed by atoms with E-state index in [1.807, 2.05) is 0 Å². The second kappa shape index (κ2) is 5.93. The summed E-state index contributed by atoms with van der Waals surface area (Å²) in [4.78, 5) is 21.0. The Hall–Kier alpha value is -0.240. The highest BCUT2D eigenvalue weighted by Gasteiger charge is 2.88. The van der Waals surface area contributed by atoms with Crippen LogP contribution in [0.1, 0.15) is 0 Å². The summed E-state index contributed by atoms with van der Waals surface area (Å²) in [7, 11) is 4.80. The van der Waals surface area contributed by atoms with E-state index in [1.54, 1.807) is 0 Å². The number of ether oxygens (including phenoxy) is 4. The molecule has 130 valence electrons. The van der Waals surface area contributed by atoms with Crippen molar-refractivity contribution < 1.29 is 28.5 Å². The first-order chi connectivity index (χ1) is 10.6. The molecule has 0 aromatic heterocycles. The monoisotopic (exact) mass is 406 g/mol. The quantitative estimate of drug-likeness (QED) is 0.404. The lowest BCUT2D eigenvalue weighted by atomic mass is 9.82. The van der Waals surface area contributed by atoms with Crippen LogP contribution < -0.4 is 0 Å². The molecule has 0 spiro atoms. The molecule has 0 aromatic carbocycles. The maximum atomic E-state index is 12.3. The summed E-state index contributed by atoms with van der Waals surface area (Å²) in [5, 5.41) is -0.287. The maximum Gasteiger partial charge on any atom is 0.312 e. The van der Waals surface area contributed by atoms with Crippen LogP contribution in [0.5, 0.6) is 0 Å². The van der Waals surface area contributed by atoms with E-state index in [-0.39, 0.29) is 10.1 Å². The van der Waals surface area contributed by atoms with E-state index in [0.29, 0.717) is 0 Å². The van der Waals surface area contributed by atoms with Gasteiger partial charge >= 0.3 is 11.9 Å². The Bertz CT molecular complexity index is 543. The predicted molar refractivity (Wildman–Crippen MR) is 83.7 cm³/mol.